The minimum Gasteiger partial charge on any atom is -0.493 e. The van der Waals surface area contributed by atoms with E-state index in [9.17, 15) is 14.4 Å². The van der Waals surface area contributed by atoms with Crippen molar-refractivity contribution in [3.05, 3.63) is 67.9 Å². The molecule has 172 valence electrons. The predicted molar refractivity (Wildman–Crippen MR) is 122 cm³/mol. The van der Waals surface area contributed by atoms with E-state index >= 15 is 0 Å². The maximum Gasteiger partial charge on any atom is 0.340 e. The van der Waals surface area contributed by atoms with Crippen LogP contribution in [0.25, 0.3) is 11.0 Å². The van der Waals surface area contributed by atoms with Crippen molar-refractivity contribution in [1.29, 1.82) is 0 Å². The summed E-state index contributed by atoms with van der Waals surface area (Å²) in [6.07, 6.45) is 0.936. The topological polar surface area (TPSA) is 91.0 Å². The van der Waals surface area contributed by atoms with Crippen molar-refractivity contribution in [2.24, 2.45) is 5.92 Å². The average Bonchev–Trinajstić information content (AvgIpc) is 2.81. The molecule has 0 aliphatic carbocycles. The molecule has 3 aromatic rings. The van der Waals surface area contributed by atoms with Gasteiger partial charge in [-0.3, -0.25) is 9.59 Å². The normalized spacial score (nSPS) is 19.3. The number of hydrogen-bond acceptors (Lipinski definition) is 6. The van der Waals surface area contributed by atoms with Crippen LogP contribution in [-0.2, 0) is 17.8 Å². The molecule has 1 saturated heterocycles. The Morgan fingerprint density at radius 3 is 2.67 bits per heavy atom. The summed E-state index contributed by atoms with van der Waals surface area (Å²) in [4.78, 5) is 40.2. The van der Waals surface area contributed by atoms with Gasteiger partial charge in [-0.1, -0.05) is 6.07 Å². The second kappa shape index (κ2) is 8.10. The zero-order valence-electron chi connectivity index (χ0n) is 18.9. The number of nitrogens with zero attached hydrogens (tertiary/aromatic N) is 2. The van der Waals surface area contributed by atoms with Gasteiger partial charge in [-0.05, 0) is 43.0 Å². The molecule has 2 aliphatic heterocycles. The zero-order valence-corrected chi connectivity index (χ0v) is 18.9. The first-order chi connectivity index (χ1) is 15.9. The number of pyridine rings is 1. The van der Waals surface area contributed by atoms with E-state index in [4.69, 9.17) is 13.9 Å². The van der Waals surface area contributed by atoms with Gasteiger partial charge in [0, 0.05) is 42.7 Å². The summed E-state index contributed by atoms with van der Waals surface area (Å²) in [5.41, 5.74) is 1.81. The molecule has 1 fully saturated rings. The van der Waals surface area contributed by atoms with Crippen molar-refractivity contribution in [3.63, 3.8) is 0 Å². The van der Waals surface area contributed by atoms with Gasteiger partial charge in [-0.25, -0.2) is 4.79 Å². The third kappa shape index (κ3) is 3.50. The van der Waals surface area contributed by atoms with E-state index in [1.54, 1.807) is 18.2 Å². The molecule has 0 unspecified atom stereocenters. The number of aromatic nitrogens is 1. The molecule has 33 heavy (non-hydrogen) atoms. The second-order valence-corrected chi connectivity index (χ2v) is 8.84. The third-order valence-corrected chi connectivity index (χ3v) is 6.96. The molecule has 2 aromatic heterocycles. The molecule has 0 N–H and O–H groups in total. The largest absolute Gasteiger partial charge is 0.493 e. The molecule has 2 bridgehead atoms. The minimum absolute atomic E-state index is 0.0124. The van der Waals surface area contributed by atoms with Crippen molar-refractivity contribution in [3.8, 4) is 11.5 Å². The Morgan fingerprint density at radius 2 is 1.91 bits per heavy atom. The van der Waals surface area contributed by atoms with Crippen LogP contribution < -0.4 is 20.7 Å². The van der Waals surface area contributed by atoms with Crippen molar-refractivity contribution in [2.45, 2.75) is 32.2 Å². The first-order valence-electron chi connectivity index (χ1n) is 11.1. The van der Waals surface area contributed by atoms with E-state index in [-0.39, 0.29) is 29.7 Å². The number of ether oxygens (including phenoxy) is 2. The van der Waals surface area contributed by atoms with Crippen LogP contribution in [0.5, 0.6) is 11.5 Å². The molecule has 2 aliphatic rings. The van der Waals surface area contributed by atoms with Gasteiger partial charge in [0.05, 0.1) is 26.2 Å². The number of rotatable bonds is 4. The fraction of sp³-hybridized carbons (Fsp3) is 0.400. The van der Waals surface area contributed by atoms with Crippen LogP contribution in [0, 0.1) is 12.8 Å². The second-order valence-electron chi connectivity index (χ2n) is 8.84. The van der Waals surface area contributed by atoms with Crippen LogP contribution in [-0.4, -0.2) is 42.7 Å². The summed E-state index contributed by atoms with van der Waals surface area (Å²) < 4.78 is 18.1. The van der Waals surface area contributed by atoms with Gasteiger partial charge in [-0.15, -0.1) is 0 Å². The number of methoxy groups -OCH3 is 2. The lowest BCUT2D eigenvalue weighted by atomic mass is 9.83. The predicted octanol–water partition coefficient (Wildman–Crippen LogP) is 2.47. The van der Waals surface area contributed by atoms with Crippen LogP contribution in [0.15, 0.2) is 44.3 Å². The monoisotopic (exact) mass is 450 g/mol. The average molecular weight is 450 g/mol. The van der Waals surface area contributed by atoms with Gasteiger partial charge in [0.25, 0.3) is 5.56 Å². The number of aryl methyl sites for hydroxylation is 1. The van der Waals surface area contributed by atoms with E-state index < -0.39 is 5.63 Å². The first kappa shape index (κ1) is 21.3. The number of piperidine rings is 1. The number of fused-ring (bicyclic) bond motifs is 5. The summed E-state index contributed by atoms with van der Waals surface area (Å²) in [7, 11) is 3.01. The summed E-state index contributed by atoms with van der Waals surface area (Å²) in [5.74, 6) is 1.07. The molecule has 8 nitrogen and oxygen atoms in total. The lowest BCUT2D eigenvalue weighted by Gasteiger charge is -2.42. The summed E-state index contributed by atoms with van der Waals surface area (Å²) in [6, 6.07) is 8.90. The van der Waals surface area contributed by atoms with Gasteiger partial charge in [0.15, 0.2) is 11.3 Å². The molecule has 0 saturated carbocycles. The molecule has 1 amide bonds. The SMILES string of the molecule is COc1ccc2c(C)c(CC(=O)N3C[C@H]4C[C@H](C3)c3cccc(=O)n3C4)c(=O)oc2c1OC. The molecule has 2 atom stereocenters. The van der Waals surface area contributed by atoms with Crippen LogP contribution >= 0.6 is 0 Å². The third-order valence-electron chi connectivity index (χ3n) is 6.96. The van der Waals surface area contributed by atoms with E-state index in [0.29, 0.717) is 53.2 Å². The fourth-order valence-electron chi connectivity index (χ4n) is 5.33. The number of likely N-dealkylation sites (tertiary alicyclic amines) is 1. The highest BCUT2D eigenvalue weighted by molar-refractivity contribution is 5.90. The number of carbonyl (C=O) groups is 1. The van der Waals surface area contributed by atoms with Crippen LogP contribution in [0.4, 0.5) is 0 Å². The number of amides is 1. The number of carbonyl (C=O) groups excluding carboxylic acids is 1. The molecule has 8 heteroatoms. The number of hydrogen-bond donors (Lipinski definition) is 0. The Kier molecular flexibility index (Phi) is 5.23. The Balaban J connectivity index is 1.44. The van der Waals surface area contributed by atoms with Gasteiger partial charge in [0.1, 0.15) is 0 Å². The lowest BCUT2D eigenvalue weighted by Crippen LogP contribution is -2.49. The summed E-state index contributed by atoms with van der Waals surface area (Å²) in [5, 5.41) is 0.707. The fourth-order valence-corrected chi connectivity index (χ4v) is 5.33. The molecular weight excluding hydrogens is 424 g/mol. The Hall–Kier alpha value is -3.55. The molecule has 4 heterocycles. The standard InChI is InChI=1S/C25H26N2O6/c1-14-17-7-8-20(31-2)24(32-3)23(17)33-25(30)18(14)10-22(29)26-11-15-9-16(13-26)19-5-4-6-21(28)27(19)12-15/h4-8,15-16H,9-13H2,1-3H3/t15-,16-/m1/s1. The molecule has 1 aromatic carbocycles. The van der Waals surface area contributed by atoms with Gasteiger partial charge in [-0.2, -0.15) is 0 Å². The van der Waals surface area contributed by atoms with Crippen LogP contribution in [0.1, 0.15) is 29.2 Å². The van der Waals surface area contributed by atoms with E-state index in [2.05, 4.69) is 0 Å². The molecule has 0 radical (unpaired) electrons. The first-order valence-corrected chi connectivity index (χ1v) is 11.1. The quantitative estimate of drug-likeness (QED) is 0.567. The molecule has 0 spiro atoms. The van der Waals surface area contributed by atoms with Gasteiger partial charge in [0.2, 0.25) is 11.7 Å². The maximum absolute atomic E-state index is 13.3. The highest BCUT2D eigenvalue weighted by atomic mass is 16.5. The van der Waals surface area contributed by atoms with E-state index in [0.717, 1.165) is 12.1 Å². The lowest BCUT2D eigenvalue weighted by molar-refractivity contribution is -0.133. The molecule has 5 rings (SSSR count). The smallest absolute Gasteiger partial charge is 0.340 e. The maximum atomic E-state index is 13.3. The summed E-state index contributed by atoms with van der Waals surface area (Å²) >= 11 is 0. The summed E-state index contributed by atoms with van der Waals surface area (Å²) in [6.45, 7) is 3.57. The number of benzene rings is 1. The Labute approximate surface area is 190 Å². The zero-order chi connectivity index (χ0) is 23.3. The van der Waals surface area contributed by atoms with Crippen molar-refractivity contribution in [1.82, 2.24) is 9.47 Å². The van der Waals surface area contributed by atoms with Crippen molar-refractivity contribution < 1.29 is 18.7 Å². The van der Waals surface area contributed by atoms with Crippen molar-refractivity contribution in [2.75, 3.05) is 27.3 Å². The van der Waals surface area contributed by atoms with E-state index in [1.165, 1.54) is 14.2 Å². The van der Waals surface area contributed by atoms with Gasteiger partial charge >= 0.3 is 5.63 Å². The highest BCUT2D eigenvalue weighted by Gasteiger charge is 2.36. The van der Waals surface area contributed by atoms with Crippen molar-refractivity contribution >= 4 is 16.9 Å². The minimum atomic E-state index is -0.547. The Morgan fingerprint density at radius 1 is 1.09 bits per heavy atom. The van der Waals surface area contributed by atoms with E-state index in [1.807, 2.05) is 28.5 Å². The highest BCUT2D eigenvalue weighted by Crippen LogP contribution is 2.37. The Bertz CT molecular complexity index is 1370. The van der Waals surface area contributed by atoms with Crippen LogP contribution in [0.2, 0.25) is 0 Å². The molecular formula is C25H26N2O6. The van der Waals surface area contributed by atoms with Gasteiger partial charge < -0.3 is 23.4 Å². The van der Waals surface area contributed by atoms with Crippen LogP contribution in [0.3, 0.4) is 0 Å².